The average Bonchev–Trinajstić information content (AvgIpc) is 2.30. The van der Waals surface area contributed by atoms with Gasteiger partial charge in [-0.15, -0.1) is 4.90 Å². The van der Waals surface area contributed by atoms with Crippen molar-refractivity contribution < 1.29 is 9.59 Å². The maximum Gasteiger partial charge on any atom is 0.299 e. The van der Waals surface area contributed by atoms with Gasteiger partial charge in [-0.1, -0.05) is 6.07 Å². The van der Waals surface area contributed by atoms with E-state index in [1.807, 2.05) is 0 Å². The molecule has 1 rings (SSSR count). The second-order valence-corrected chi connectivity index (χ2v) is 2.61. The number of carbonyl (C=O) groups is 2. The van der Waals surface area contributed by atoms with Gasteiger partial charge >= 0.3 is 0 Å². The zero-order chi connectivity index (χ0) is 12.1. The molecule has 0 saturated carbocycles. The van der Waals surface area contributed by atoms with Crippen LogP contribution in [-0.2, 0) is 0 Å². The molecule has 16 heavy (non-hydrogen) atoms. The van der Waals surface area contributed by atoms with Crippen LogP contribution in [0.4, 0.5) is 0 Å². The van der Waals surface area contributed by atoms with Gasteiger partial charge in [0.25, 0.3) is 11.8 Å². The molecule has 0 aliphatic heterocycles. The van der Waals surface area contributed by atoms with Gasteiger partial charge < -0.3 is 5.73 Å². The Bertz CT molecular complexity index is 511. The van der Waals surface area contributed by atoms with E-state index in [1.165, 1.54) is 30.6 Å². The zero-order valence-corrected chi connectivity index (χ0v) is 7.91. The summed E-state index contributed by atoms with van der Waals surface area (Å²) in [5.41, 5.74) is 4.66. The highest BCUT2D eigenvalue weighted by Crippen LogP contribution is 2.02. The number of rotatable bonds is 2. The van der Waals surface area contributed by atoms with E-state index < -0.39 is 11.8 Å². The summed E-state index contributed by atoms with van der Waals surface area (Å²) in [6.45, 7) is 0. The van der Waals surface area contributed by atoms with Crippen molar-refractivity contribution in [2.75, 3.05) is 0 Å². The first kappa shape index (κ1) is 11.1. The summed E-state index contributed by atoms with van der Waals surface area (Å²) >= 11 is 0. The van der Waals surface area contributed by atoms with Gasteiger partial charge in [-0.3, -0.25) is 9.59 Å². The third-order valence-electron chi connectivity index (χ3n) is 1.62. The van der Waals surface area contributed by atoms with Crippen LogP contribution in [0.15, 0.2) is 18.2 Å². The molecule has 1 aromatic heterocycles. The number of hydrogen-bond donors (Lipinski definition) is 1. The molecule has 0 fully saturated rings. The van der Waals surface area contributed by atoms with Crippen LogP contribution in [0, 0.1) is 22.9 Å². The van der Waals surface area contributed by atoms with Gasteiger partial charge in [-0.25, -0.2) is 4.98 Å². The lowest BCUT2D eigenvalue weighted by atomic mass is 10.2. The Hall–Kier alpha value is -2.93. The van der Waals surface area contributed by atoms with E-state index in [0.717, 1.165) is 0 Å². The first-order valence-corrected chi connectivity index (χ1v) is 4.01. The van der Waals surface area contributed by atoms with Gasteiger partial charge in [0.15, 0.2) is 0 Å². The Morgan fingerprint density at radius 2 is 1.81 bits per heavy atom. The largest absolute Gasteiger partial charge is 0.364 e. The molecule has 0 spiro atoms. The minimum absolute atomic E-state index is 0.110. The number of aromatic nitrogens is 1. The van der Waals surface area contributed by atoms with Gasteiger partial charge in [-0.05, 0) is 12.1 Å². The fourth-order valence-electron chi connectivity index (χ4n) is 0.919. The van der Waals surface area contributed by atoms with Crippen molar-refractivity contribution in [1.82, 2.24) is 9.88 Å². The number of nitrogens with two attached hydrogens (primary N) is 1. The van der Waals surface area contributed by atoms with Crippen molar-refractivity contribution in [2.24, 2.45) is 5.73 Å². The van der Waals surface area contributed by atoms with Crippen LogP contribution in [-0.4, -0.2) is 21.7 Å². The molecule has 2 amide bonds. The lowest BCUT2D eigenvalue weighted by Gasteiger charge is -2.03. The molecule has 7 heteroatoms. The second-order valence-electron chi connectivity index (χ2n) is 2.61. The normalized spacial score (nSPS) is 8.62. The summed E-state index contributed by atoms with van der Waals surface area (Å²) in [6, 6.07) is 3.98. The summed E-state index contributed by atoms with van der Waals surface area (Å²) in [6.07, 6.45) is 2.73. The minimum Gasteiger partial charge on any atom is -0.364 e. The fourth-order valence-corrected chi connectivity index (χ4v) is 0.919. The SMILES string of the molecule is N#CN(C#N)C(=O)c1cccc(C(N)=O)n1. The molecule has 0 aliphatic carbocycles. The van der Waals surface area contributed by atoms with Crippen LogP contribution < -0.4 is 5.73 Å². The van der Waals surface area contributed by atoms with E-state index in [2.05, 4.69) is 4.98 Å². The Morgan fingerprint density at radius 3 is 2.31 bits per heavy atom. The van der Waals surface area contributed by atoms with E-state index in [9.17, 15) is 9.59 Å². The lowest BCUT2D eigenvalue weighted by Crippen LogP contribution is -2.23. The van der Waals surface area contributed by atoms with Crippen LogP contribution in [0.5, 0.6) is 0 Å². The summed E-state index contributed by atoms with van der Waals surface area (Å²) in [7, 11) is 0. The van der Waals surface area contributed by atoms with Gasteiger partial charge in [0, 0.05) is 0 Å². The summed E-state index contributed by atoms with van der Waals surface area (Å²) in [4.78, 5) is 26.1. The van der Waals surface area contributed by atoms with E-state index in [4.69, 9.17) is 16.3 Å². The first-order valence-electron chi connectivity index (χ1n) is 4.01. The van der Waals surface area contributed by atoms with Crippen molar-refractivity contribution in [2.45, 2.75) is 0 Å². The van der Waals surface area contributed by atoms with Gasteiger partial charge in [0.05, 0.1) is 0 Å². The molecular weight excluding hydrogens is 210 g/mol. The third kappa shape index (κ3) is 2.11. The van der Waals surface area contributed by atoms with Crippen molar-refractivity contribution in [3.63, 3.8) is 0 Å². The van der Waals surface area contributed by atoms with Crippen LogP contribution in [0.25, 0.3) is 0 Å². The van der Waals surface area contributed by atoms with Gasteiger partial charge in [0.1, 0.15) is 11.4 Å². The smallest absolute Gasteiger partial charge is 0.299 e. The molecule has 2 N–H and O–H groups in total. The van der Waals surface area contributed by atoms with E-state index in [0.29, 0.717) is 0 Å². The summed E-state index contributed by atoms with van der Waals surface area (Å²) in [5.74, 6) is -1.71. The molecule has 7 nitrogen and oxygen atoms in total. The summed E-state index contributed by atoms with van der Waals surface area (Å²) in [5, 5.41) is 16.9. The van der Waals surface area contributed by atoms with Crippen LogP contribution in [0.3, 0.4) is 0 Å². The average molecular weight is 215 g/mol. The molecule has 1 aromatic rings. The van der Waals surface area contributed by atoms with Crippen molar-refractivity contribution in [3.8, 4) is 12.4 Å². The quantitative estimate of drug-likeness (QED) is 0.530. The molecule has 0 radical (unpaired) electrons. The molecule has 1 heterocycles. The molecule has 78 valence electrons. The minimum atomic E-state index is -0.909. The van der Waals surface area contributed by atoms with E-state index >= 15 is 0 Å². The van der Waals surface area contributed by atoms with Crippen LogP contribution in [0.2, 0.25) is 0 Å². The highest BCUT2D eigenvalue weighted by atomic mass is 16.2. The summed E-state index contributed by atoms with van der Waals surface area (Å²) < 4.78 is 0. The Kier molecular flexibility index (Phi) is 3.16. The topological polar surface area (TPSA) is 124 Å². The number of hydrogen-bond acceptors (Lipinski definition) is 5. The predicted octanol–water partition coefficient (Wildman–Crippen LogP) is -0.415. The Labute approximate surface area is 90.3 Å². The molecule has 0 aliphatic rings. The maximum atomic E-state index is 11.4. The fraction of sp³-hybridized carbons (Fsp3) is 0. The van der Waals surface area contributed by atoms with Crippen molar-refractivity contribution >= 4 is 11.8 Å². The predicted molar refractivity (Wildman–Crippen MR) is 50.2 cm³/mol. The number of amides is 2. The van der Waals surface area contributed by atoms with Gasteiger partial charge in [-0.2, -0.15) is 10.5 Å². The molecule has 0 atom stereocenters. The molecular formula is C9H5N5O2. The van der Waals surface area contributed by atoms with Crippen LogP contribution >= 0.6 is 0 Å². The second kappa shape index (κ2) is 4.53. The standard InChI is InChI=1S/C9H5N5O2/c10-4-14(5-11)9(16)7-3-1-2-6(13-7)8(12)15/h1-3H,(H2,12,15). The molecule has 0 bridgehead atoms. The maximum absolute atomic E-state index is 11.4. The monoisotopic (exact) mass is 215 g/mol. The zero-order valence-electron chi connectivity index (χ0n) is 7.91. The third-order valence-corrected chi connectivity index (χ3v) is 1.62. The molecule has 0 saturated heterocycles. The number of primary amides is 1. The highest BCUT2D eigenvalue weighted by molar-refractivity contribution is 5.96. The van der Waals surface area contributed by atoms with E-state index in [-0.39, 0.29) is 16.3 Å². The number of pyridine rings is 1. The first-order chi connectivity index (χ1) is 7.60. The molecule has 0 unspecified atom stereocenters. The Morgan fingerprint density at radius 1 is 1.25 bits per heavy atom. The number of carbonyl (C=O) groups excluding carboxylic acids is 2. The Balaban J connectivity index is 3.12. The van der Waals surface area contributed by atoms with Crippen molar-refractivity contribution in [3.05, 3.63) is 29.6 Å². The number of nitriles is 2. The number of nitrogens with zero attached hydrogens (tertiary/aromatic N) is 4. The lowest BCUT2D eigenvalue weighted by molar-refractivity contribution is 0.0878. The van der Waals surface area contributed by atoms with Gasteiger partial charge in [0.2, 0.25) is 12.4 Å². The van der Waals surface area contributed by atoms with E-state index in [1.54, 1.807) is 0 Å². The van der Waals surface area contributed by atoms with Crippen LogP contribution in [0.1, 0.15) is 21.0 Å². The highest BCUT2D eigenvalue weighted by Gasteiger charge is 2.17. The van der Waals surface area contributed by atoms with Crippen molar-refractivity contribution in [1.29, 1.82) is 10.5 Å². The molecule has 0 aromatic carbocycles.